The highest BCUT2D eigenvalue weighted by Gasteiger charge is 2.22. The average Bonchev–Trinajstić information content (AvgIpc) is 2.86. The van der Waals surface area contributed by atoms with Gasteiger partial charge in [0.2, 0.25) is 11.8 Å². The summed E-state index contributed by atoms with van der Waals surface area (Å²) in [4.78, 5) is 30.9. The van der Waals surface area contributed by atoms with Gasteiger partial charge in [0.05, 0.1) is 0 Å². The number of amides is 2. The van der Waals surface area contributed by atoms with Crippen molar-refractivity contribution in [1.82, 2.24) is 9.88 Å². The molecule has 0 atom stereocenters. The summed E-state index contributed by atoms with van der Waals surface area (Å²) in [7, 11) is 0. The Morgan fingerprint density at radius 3 is 2.89 bits per heavy atom. The van der Waals surface area contributed by atoms with Gasteiger partial charge in [0.25, 0.3) is 0 Å². The van der Waals surface area contributed by atoms with Crippen LogP contribution in [0.1, 0.15) is 43.2 Å². The fraction of sp³-hybridized carbons (Fsp3) is 0.450. The maximum Gasteiger partial charge on any atom is 0.246 e. The van der Waals surface area contributed by atoms with E-state index in [-0.39, 0.29) is 11.8 Å². The predicted octanol–water partition coefficient (Wildman–Crippen LogP) is 3.02. The van der Waals surface area contributed by atoms with Crippen LogP contribution in [0, 0.1) is 11.3 Å². The van der Waals surface area contributed by atoms with E-state index < -0.39 is 0 Å². The molecule has 0 spiro atoms. The molecule has 1 saturated heterocycles. The van der Waals surface area contributed by atoms with E-state index in [4.69, 9.17) is 17.6 Å². The average molecular weight is 385 g/mol. The van der Waals surface area contributed by atoms with E-state index >= 15 is 0 Å². The summed E-state index contributed by atoms with van der Waals surface area (Å²) in [5.74, 6) is 1.11. The lowest BCUT2D eigenvalue weighted by atomic mass is 9.92. The molecule has 2 N–H and O–H groups in total. The minimum atomic E-state index is 0.00417. The number of likely N-dealkylation sites (tertiary alicyclic amines) is 1. The molecule has 0 radical (unpaired) electrons. The van der Waals surface area contributed by atoms with Gasteiger partial charge in [-0.25, -0.2) is 4.98 Å². The molecule has 27 heavy (non-hydrogen) atoms. The fourth-order valence-corrected chi connectivity index (χ4v) is 3.77. The van der Waals surface area contributed by atoms with Crippen molar-refractivity contribution in [3.63, 3.8) is 0 Å². The Morgan fingerprint density at radius 2 is 2.15 bits per heavy atom. The first-order valence-electron chi connectivity index (χ1n) is 9.34. The van der Waals surface area contributed by atoms with E-state index in [0.29, 0.717) is 23.0 Å². The maximum atomic E-state index is 12.4. The summed E-state index contributed by atoms with van der Waals surface area (Å²) in [6, 6.07) is 1.99. The molecule has 0 saturated carbocycles. The molecule has 2 aliphatic heterocycles. The molecule has 1 aromatic rings. The third-order valence-electron chi connectivity index (χ3n) is 5.09. The molecule has 7 heteroatoms. The maximum absolute atomic E-state index is 12.4. The van der Waals surface area contributed by atoms with E-state index in [0.717, 1.165) is 56.3 Å². The monoisotopic (exact) mass is 384 g/mol. The van der Waals surface area contributed by atoms with Gasteiger partial charge in [0.15, 0.2) is 0 Å². The Morgan fingerprint density at radius 1 is 1.37 bits per heavy atom. The number of carbonyl (C=O) groups excluding carboxylic acids is 2. The number of nitrogens with one attached hydrogen (secondary N) is 2. The van der Waals surface area contributed by atoms with Crippen LogP contribution in [0.2, 0.25) is 0 Å². The molecule has 0 unspecified atom stereocenters. The molecular weight excluding hydrogens is 360 g/mol. The number of aromatic nitrogens is 1. The minimum Gasteiger partial charge on any atom is -0.339 e. The van der Waals surface area contributed by atoms with Gasteiger partial charge in [0.1, 0.15) is 5.82 Å². The van der Waals surface area contributed by atoms with Crippen LogP contribution in [0.5, 0.6) is 0 Å². The molecule has 2 aliphatic rings. The van der Waals surface area contributed by atoms with Crippen molar-refractivity contribution in [2.24, 2.45) is 5.92 Å². The van der Waals surface area contributed by atoms with Crippen molar-refractivity contribution >= 4 is 47.0 Å². The van der Waals surface area contributed by atoms with Gasteiger partial charge in [-0.05, 0) is 61.3 Å². The number of thiocarbonyl (C=S) groups is 1. The summed E-state index contributed by atoms with van der Waals surface area (Å²) < 4.78 is 0. The van der Waals surface area contributed by atoms with Crippen LogP contribution < -0.4 is 5.32 Å². The highest BCUT2D eigenvalue weighted by Crippen LogP contribution is 2.23. The number of aryl methyl sites for hydroxylation is 1. The van der Waals surface area contributed by atoms with Gasteiger partial charge in [-0.1, -0.05) is 12.2 Å². The number of nitrogens with zero attached hydrogens (tertiary/aromatic N) is 2. The number of anilines is 1. The zero-order chi connectivity index (χ0) is 19.2. The molecular formula is C20H24N4O2S. The fourth-order valence-electron chi connectivity index (χ4n) is 3.53. The standard InChI is InChI=1S/C20H24N4O2S/c21-12-17(27)11-14-6-8-24(9-7-14)19(26)5-4-15-10-16-2-1-3-18(25)23-20(16)22-13-15/h4-5,10,12-14,21H,1-3,6-9,11H2,(H,22,23,25). The van der Waals surface area contributed by atoms with Gasteiger partial charge < -0.3 is 15.6 Å². The largest absolute Gasteiger partial charge is 0.339 e. The van der Waals surface area contributed by atoms with Crippen LogP contribution in [0.25, 0.3) is 6.08 Å². The number of fused-ring (bicyclic) bond motifs is 1. The highest BCUT2D eigenvalue weighted by molar-refractivity contribution is 7.81. The number of pyridine rings is 1. The number of hydrogen-bond acceptors (Lipinski definition) is 5. The Balaban J connectivity index is 1.56. The lowest BCUT2D eigenvalue weighted by molar-refractivity contribution is -0.127. The number of piperidine rings is 1. The van der Waals surface area contributed by atoms with Gasteiger partial charge in [-0.15, -0.1) is 0 Å². The summed E-state index contributed by atoms with van der Waals surface area (Å²) in [5, 5.41) is 10.0. The number of hydrogen-bond donors (Lipinski definition) is 2. The van der Waals surface area contributed by atoms with E-state index in [1.165, 1.54) is 6.21 Å². The third-order valence-corrected chi connectivity index (χ3v) is 5.38. The molecule has 1 aromatic heterocycles. The molecule has 3 rings (SSSR count). The molecule has 3 heterocycles. The normalized spacial score (nSPS) is 17.9. The van der Waals surface area contributed by atoms with Crippen LogP contribution >= 0.6 is 12.2 Å². The molecule has 0 bridgehead atoms. The summed E-state index contributed by atoms with van der Waals surface area (Å²) >= 11 is 5.11. The van der Waals surface area contributed by atoms with E-state index in [2.05, 4.69) is 10.3 Å². The molecule has 2 amide bonds. The molecule has 0 aliphatic carbocycles. The first-order valence-corrected chi connectivity index (χ1v) is 9.75. The smallest absolute Gasteiger partial charge is 0.246 e. The van der Waals surface area contributed by atoms with Crippen molar-refractivity contribution in [3.8, 4) is 0 Å². The van der Waals surface area contributed by atoms with Gasteiger partial charge >= 0.3 is 0 Å². The molecule has 6 nitrogen and oxygen atoms in total. The van der Waals surface area contributed by atoms with Crippen LogP contribution in [-0.2, 0) is 16.0 Å². The topological polar surface area (TPSA) is 86.2 Å². The summed E-state index contributed by atoms with van der Waals surface area (Å²) in [6.07, 6.45) is 11.1. The van der Waals surface area contributed by atoms with Crippen molar-refractivity contribution in [1.29, 1.82) is 5.41 Å². The van der Waals surface area contributed by atoms with Gasteiger partial charge in [0, 0.05) is 42.9 Å². The van der Waals surface area contributed by atoms with E-state index in [1.807, 2.05) is 11.0 Å². The van der Waals surface area contributed by atoms with Crippen LogP contribution in [0.3, 0.4) is 0 Å². The number of carbonyl (C=O) groups is 2. The summed E-state index contributed by atoms with van der Waals surface area (Å²) in [6.45, 7) is 1.45. The zero-order valence-corrected chi connectivity index (χ0v) is 16.1. The molecule has 1 fully saturated rings. The van der Waals surface area contributed by atoms with E-state index in [1.54, 1.807) is 18.3 Å². The summed E-state index contributed by atoms with van der Waals surface area (Å²) in [5.41, 5.74) is 1.88. The lowest BCUT2D eigenvalue weighted by Crippen LogP contribution is -2.37. The Bertz CT molecular complexity index is 782. The number of rotatable bonds is 5. The predicted molar refractivity (Wildman–Crippen MR) is 110 cm³/mol. The molecule has 0 aromatic carbocycles. The first-order chi connectivity index (χ1) is 13.0. The molecule has 142 valence electrons. The van der Waals surface area contributed by atoms with Gasteiger partial charge in [-0.2, -0.15) is 0 Å². The Labute approximate surface area is 164 Å². The first kappa shape index (κ1) is 19.4. The highest BCUT2D eigenvalue weighted by atomic mass is 32.1. The Kier molecular flexibility index (Phi) is 6.45. The second-order valence-electron chi connectivity index (χ2n) is 7.09. The minimum absolute atomic E-state index is 0.00417. The van der Waals surface area contributed by atoms with Crippen LogP contribution in [0.4, 0.5) is 5.82 Å². The third kappa shape index (κ3) is 5.29. The SMILES string of the molecule is N=CC(=S)CC1CCN(C(=O)C=Cc2cnc3c(c2)CCCC(=O)N3)CC1. The van der Waals surface area contributed by atoms with Crippen LogP contribution in [0.15, 0.2) is 18.3 Å². The van der Waals surface area contributed by atoms with Crippen molar-refractivity contribution in [2.45, 2.75) is 38.5 Å². The quantitative estimate of drug-likeness (QED) is 0.464. The van der Waals surface area contributed by atoms with Crippen molar-refractivity contribution < 1.29 is 9.59 Å². The second-order valence-corrected chi connectivity index (χ2v) is 7.62. The zero-order valence-electron chi connectivity index (χ0n) is 15.2. The van der Waals surface area contributed by atoms with Gasteiger partial charge in [-0.3, -0.25) is 9.59 Å². The second kappa shape index (κ2) is 8.99. The van der Waals surface area contributed by atoms with Crippen molar-refractivity contribution in [3.05, 3.63) is 29.5 Å². The lowest BCUT2D eigenvalue weighted by Gasteiger charge is -2.31. The van der Waals surface area contributed by atoms with Crippen molar-refractivity contribution in [2.75, 3.05) is 18.4 Å². The Hall–Kier alpha value is -2.41. The van der Waals surface area contributed by atoms with E-state index in [9.17, 15) is 9.59 Å². The van der Waals surface area contributed by atoms with Crippen LogP contribution in [-0.4, -0.2) is 45.9 Å².